The van der Waals surface area contributed by atoms with Gasteiger partial charge in [-0.2, -0.15) is 11.8 Å². The summed E-state index contributed by atoms with van der Waals surface area (Å²) >= 11 is 1.90. The molecule has 2 nitrogen and oxygen atoms in total. The van der Waals surface area contributed by atoms with Crippen molar-refractivity contribution in [2.75, 3.05) is 26.0 Å². The summed E-state index contributed by atoms with van der Waals surface area (Å²) in [7, 11) is 0. The van der Waals surface area contributed by atoms with E-state index in [1.807, 2.05) is 11.8 Å². The van der Waals surface area contributed by atoms with Gasteiger partial charge >= 0.3 is 0 Å². The third-order valence-corrected chi connectivity index (χ3v) is 3.06. The second-order valence-corrected chi connectivity index (χ2v) is 3.95. The van der Waals surface area contributed by atoms with Crippen molar-refractivity contribution in [3.8, 4) is 0 Å². The topological polar surface area (TPSA) is 21.3 Å². The summed E-state index contributed by atoms with van der Waals surface area (Å²) < 4.78 is 5.37. The predicted molar refractivity (Wildman–Crippen MR) is 50.2 cm³/mol. The van der Waals surface area contributed by atoms with Crippen molar-refractivity contribution in [2.45, 2.75) is 24.6 Å². The van der Waals surface area contributed by atoms with Gasteiger partial charge in [0.25, 0.3) is 0 Å². The summed E-state index contributed by atoms with van der Waals surface area (Å²) in [5.41, 5.74) is 0. The van der Waals surface area contributed by atoms with Crippen LogP contribution in [0.3, 0.4) is 0 Å². The summed E-state index contributed by atoms with van der Waals surface area (Å²) in [5, 5.41) is 4.15. The minimum absolute atomic E-state index is 0.588. The van der Waals surface area contributed by atoms with Gasteiger partial charge in [0.15, 0.2) is 0 Å². The van der Waals surface area contributed by atoms with E-state index in [-0.39, 0.29) is 0 Å². The van der Waals surface area contributed by atoms with Gasteiger partial charge in [-0.15, -0.1) is 0 Å². The van der Waals surface area contributed by atoms with Crippen molar-refractivity contribution in [1.82, 2.24) is 5.32 Å². The van der Waals surface area contributed by atoms with Gasteiger partial charge in [0.05, 0.1) is 13.2 Å². The lowest BCUT2D eigenvalue weighted by molar-refractivity contribution is 0.190. The average Bonchev–Trinajstić information content (AvgIpc) is 2.47. The lowest BCUT2D eigenvalue weighted by atomic mass is 10.2. The molecule has 1 heterocycles. The van der Waals surface area contributed by atoms with Crippen LogP contribution in [0.5, 0.6) is 0 Å². The standard InChI is InChI=1S/C8H17NOS/c1-3-4-9-7-5-10-6-8(7)11-2/h7-9H,3-6H2,1-2H3/t7-,8-/m1/s1. The lowest BCUT2D eigenvalue weighted by Gasteiger charge is -2.16. The first kappa shape index (κ1) is 9.36. The first-order valence-corrected chi connectivity index (χ1v) is 5.51. The Morgan fingerprint density at radius 2 is 2.36 bits per heavy atom. The second kappa shape index (κ2) is 5.01. The van der Waals surface area contributed by atoms with Gasteiger partial charge in [-0.3, -0.25) is 0 Å². The zero-order valence-electron chi connectivity index (χ0n) is 7.30. The van der Waals surface area contributed by atoms with Crippen LogP contribution in [0.25, 0.3) is 0 Å². The summed E-state index contributed by atoms with van der Waals surface area (Å²) in [6.07, 6.45) is 3.36. The van der Waals surface area contributed by atoms with Crippen molar-refractivity contribution in [3.63, 3.8) is 0 Å². The fourth-order valence-electron chi connectivity index (χ4n) is 1.29. The van der Waals surface area contributed by atoms with Gasteiger partial charge in [-0.1, -0.05) is 6.92 Å². The molecule has 1 saturated heterocycles. The molecule has 0 spiro atoms. The van der Waals surface area contributed by atoms with E-state index in [0.717, 1.165) is 19.8 Å². The van der Waals surface area contributed by atoms with Crippen molar-refractivity contribution in [1.29, 1.82) is 0 Å². The van der Waals surface area contributed by atoms with Gasteiger partial charge in [0.1, 0.15) is 0 Å². The Labute approximate surface area is 73.1 Å². The zero-order valence-corrected chi connectivity index (χ0v) is 8.12. The van der Waals surface area contributed by atoms with Crippen LogP contribution >= 0.6 is 11.8 Å². The molecule has 0 bridgehead atoms. The largest absolute Gasteiger partial charge is 0.379 e. The molecule has 1 rings (SSSR count). The van der Waals surface area contributed by atoms with Gasteiger partial charge < -0.3 is 10.1 Å². The second-order valence-electron chi connectivity index (χ2n) is 2.87. The van der Waals surface area contributed by atoms with Crippen molar-refractivity contribution in [2.24, 2.45) is 0 Å². The molecule has 0 aromatic rings. The summed E-state index contributed by atoms with van der Waals surface area (Å²) in [5.74, 6) is 0. The normalized spacial score (nSPS) is 31.1. The maximum atomic E-state index is 5.37. The third-order valence-electron chi connectivity index (χ3n) is 1.99. The van der Waals surface area contributed by atoms with E-state index >= 15 is 0 Å². The summed E-state index contributed by atoms with van der Waals surface area (Å²) in [6, 6.07) is 0.588. The highest BCUT2D eigenvalue weighted by molar-refractivity contribution is 7.99. The van der Waals surface area contributed by atoms with Gasteiger partial charge in [-0.05, 0) is 19.2 Å². The Balaban J connectivity index is 2.20. The first-order chi connectivity index (χ1) is 5.38. The van der Waals surface area contributed by atoms with Gasteiger partial charge in [-0.25, -0.2) is 0 Å². The van der Waals surface area contributed by atoms with Crippen LogP contribution < -0.4 is 5.32 Å². The van der Waals surface area contributed by atoms with Crippen LogP contribution in [-0.4, -0.2) is 37.3 Å². The van der Waals surface area contributed by atoms with Crippen molar-refractivity contribution >= 4 is 11.8 Å². The third kappa shape index (κ3) is 2.65. The molecule has 1 fully saturated rings. The molecule has 0 amide bonds. The highest BCUT2D eigenvalue weighted by Crippen LogP contribution is 2.17. The van der Waals surface area contributed by atoms with E-state index in [1.54, 1.807) is 0 Å². The SMILES string of the molecule is CCCN[C@@H]1COC[C@H]1SC. The number of nitrogens with one attached hydrogen (secondary N) is 1. The Hall–Kier alpha value is 0.270. The van der Waals surface area contributed by atoms with E-state index in [1.165, 1.54) is 6.42 Å². The number of hydrogen-bond donors (Lipinski definition) is 1. The lowest BCUT2D eigenvalue weighted by Crippen LogP contribution is -2.37. The monoisotopic (exact) mass is 175 g/mol. The molecule has 0 aliphatic carbocycles. The number of ether oxygens (including phenoxy) is 1. The number of thioether (sulfide) groups is 1. The van der Waals surface area contributed by atoms with Crippen LogP contribution in [0.1, 0.15) is 13.3 Å². The van der Waals surface area contributed by atoms with E-state index in [4.69, 9.17) is 4.74 Å². The van der Waals surface area contributed by atoms with Gasteiger partial charge in [0, 0.05) is 11.3 Å². The predicted octanol–water partition coefficient (Wildman–Crippen LogP) is 1.12. The highest BCUT2D eigenvalue weighted by atomic mass is 32.2. The maximum Gasteiger partial charge on any atom is 0.0631 e. The smallest absolute Gasteiger partial charge is 0.0631 e. The minimum atomic E-state index is 0.588. The van der Waals surface area contributed by atoms with E-state index < -0.39 is 0 Å². The van der Waals surface area contributed by atoms with Crippen LogP contribution in [0.4, 0.5) is 0 Å². The molecule has 66 valence electrons. The zero-order chi connectivity index (χ0) is 8.10. The highest BCUT2D eigenvalue weighted by Gasteiger charge is 2.26. The van der Waals surface area contributed by atoms with Gasteiger partial charge in [0.2, 0.25) is 0 Å². The molecule has 0 aromatic carbocycles. The molecule has 3 heteroatoms. The average molecular weight is 175 g/mol. The molecule has 11 heavy (non-hydrogen) atoms. The molecular formula is C8H17NOS. The fourth-order valence-corrected chi connectivity index (χ4v) is 2.02. The Morgan fingerprint density at radius 1 is 1.55 bits per heavy atom. The van der Waals surface area contributed by atoms with Crippen molar-refractivity contribution in [3.05, 3.63) is 0 Å². The van der Waals surface area contributed by atoms with Crippen LogP contribution in [0.15, 0.2) is 0 Å². The fraction of sp³-hybridized carbons (Fsp3) is 1.00. The Morgan fingerprint density at radius 3 is 3.00 bits per heavy atom. The van der Waals surface area contributed by atoms with Crippen molar-refractivity contribution < 1.29 is 4.74 Å². The van der Waals surface area contributed by atoms with E-state index in [0.29, 0.717) is 11.3 Å². The molecule has 0 unspecified atom stereocenters. The van der Waals surface area contributed by atoms with Crippen LogP contribution in [-0.2, 0) is 4.74 Å². The molecule has 0 saturated carbocycles. The molecule has 2 atom stereocenters. The quantitative estimate of drug-likeness (QED) is 0.692. The Kier molecular flexibility index (Phi) is 4.26. The first-order valence-electron chi connectivity index (χ1n) is 4.22. The summed E-state index contributed by atoms with van der Waals surface area (Å²) in [6.45, 7) is 5.12. The minimum Gasteiger partial charge on any atom is -0.379 e. The molecule has 1 aliphatic rings. The molecular weight excluding hydrogens is 158 g/mol. The van der Waals surface area contributed by atoms with Crippen LogP contribution in [0, 0.1) is 0 Å². The number of hydrogen-bond acceptors (Lipinski definition) is 3. The molecule has 1 N–H and O–H groups in total. The maximum absolute atomic E-state index is 5.37. The van der Waals surface area contributed by atoms with E-state index in [9.17, 15) is 0 Å². The van der Waals surface area contributed by atoms with Crippen LogP contribution in [0.2, 0.25) is 0 Å². The molecule has 0 radical (unpaired) electrons. The molecule has 1 aliphatic heterocycles. The number of rotatable bonds is 4. The van der Waals surface area contributed by atoms with E-state index in [2.05, 4.69) is 18.5 Å². The molecule has 0 aromatic heterocycles. The Bertz CT molecular complexity index is 110. The summed E-state index contributed by atoms with van der Waals surface area (Å²) in [4.78, 5) is 0.